The summed E-state index contributed by atoms with van der Waals surface area (Å²) in [7, 11) is 0. The van der Waals surface area contributed by atoms with Crippen molar-refractivity contribution in [3.63, 3.8) is 0 Å². The van der Waals surface area contributed by atoms with E-state index in [1.54, 1.807) is 24.3 Å². The van der Waals surface area contributed by atoms with E-state index in [0.29, 0.717) is 24.6 Å². The number of aromatic amines is 2. The van der Waals surface area contributed by atoms with Crippen LogP contribution in [-0.2, 0) is 0 Å². The van der Waals surface area contributed by atoms with Gasteiger partial charge in [-0.25, -0.2) is 9.97 Å². The van der Waals surface area contributed by atoms with Crippen molar-refractivity contribution < 1.29 is 29.7 Å². The van der Waals surface area contributed by atoms with Gasteiger partial charge in [0.25, 0.3) is 0 Å². The van der Waals surface area contributed by atoms with Gasteiger partial charge in [0.05, 0.1) is 0 Å². The number of anilines is 2. The molecular formula is C22H28N4O4+2. The third kappa shape index (κ3) is 7.57. The zero-order chi connectivity index (χ0) is 21.0. The standard InChI is InChI=1S/C22H26N4O4/c27-19(13-25-17-5-9-23-10-6-17)15-29-21-1-2-22(4-3-21)30-16-20(28)14-26-18-7-11-24-12-8-18/h1-12,19-20,27-28H,13-16H2,(H,23,25)(H,24,26)/p+2/t19-,20-/m0/s1. The predicted octanol–water partition coefficient (Wildman–Crippen LogP) is 1.02. The van der Waals surface area contributed by atoms with Gasteiger partial charge in [-0.15, -0.1) is 0 Å². The van der Waals surface area contributed by atoms with Crippen LogP contribution in [0.15, 0.2) is 73.3 Å². The number of aliphatic hydroxyl groups is 2. The van der Waals surface area contributed by atoms with Crippen molar-refractivity contribution in [1.29, 1.82) is 0 Å². The molecule has 0 amide bonds. The fraction of sp³-hybridized carbons (Fsp3) is 0.273. The predicted molar refractivity (Wildman–Crippen MR) is 112 cm³/mol. The molecule has 30 heavy (non-hydrogen) atoms. The molecule has 2 atom stereocenters. The number of aromatic nitrogens is 2. The molecule has 8 nitrogen and oxygen atoms in total. The Bertz CT molecular complexity index is 778. The molecule has 3 aromatic rings. The average molecular weight is 412 g/mol. The number of pyridine rings is 2. The number of aliphatic hydroxyl groups excluding tert-OH is 2. The lowest BCUT2D eigenvalue weighted by atomic mass is 10.3. The third-order valence-corrected chi connectivity index (χ3v) is 4.23. The van der Waals surface area contributed by atoms with Gasteiger partial charge in [0.1, 0.15) is 36.9 Å². The highest BCUT2D eigenvalue weighted by atomic mass is 16.5. The van der Waals surface area contributed by atoms with Crippen LogP contribution in [-0.4, -0.2) is 48.7 Å². The molecule has 0 aliphatic heterocycles. The molecule has 3 rings (SSSR count). The van der Waals surface area contributed by atoms with Crippen LogP contribution in [0.3, 0.4) is 0 Å². The van der Waals surface area contributed by atoms with Crippen molar-refractivity contribution in [3.05, 3.63) is 73.3 Å². The molecule has 6 N–H and O–H groups in total. The molecule has 1 aromatic carbocycles. The maximum atomic E-state index is 10.0. The van der Waals surface area contributed by atoms with Crippen LogP contribution in [0.2, 0.25) is 0 Å². The number of benzene rings is 1. The Balaban J connectivity index is 1.33. The molecule has 0 fully saturated rings. The Labute approximate surface area is 175 Å². The van der Waals surface area contributed by atoms with Crippen LogP contribution in [0.4, 0.5) is 11.4 Å². The fourth-order valence-corrected chi connectivity index (χ4v) is 2.62. The SMILES string of the molecule is O[C@@H](CNc1cc[nH+]cc1)COc1ccc(OC[C@@H](O)CNc2cc[nH+]cc2)cc1. The first kappa shape index (κ1) is 21.4. The number of rotatable bonds is 12. The summed E-state index contributed by atoms with van der Waals surface area (Å²) in [4.78, 5) is 5.89. The Morgan fingerprint density at radius 2 is 1.00 bits per heavy atom. The maximum Gasteiger partial charge on any atom is 0.169 e. The highest BCUT2D eigenvalue weighted by Crippen LogP contribution is 2.18. The van der Waals surface area contributed by atoms with Crippen molar-refractivity contribution in [2.45, 2.75) is 12.2 Å². The Morgan fingerprint density at radius 1 is 0.633 bits per heavy atom. The summed E-state index contributed by atoms with van der Waals surface area (Å²) >= 11 is 0. The first-order valence-corrected chi connectivity index (χ1v) is 9.81. The summed E-state index contributed by atoms with van der Waals surface area (Å²) < 4.78 is 11.2. The minimum absolute atomic E-state index is 0.174. The van der Waals surface area contributed by atoms with Gasteiger partial charge in [-0.05, 0) is 24.3 Å². The van der Waals surface area contributed by atoms with Crippen LogP contribution < -0.4 is 30.1 Å². The zero-order valence-electron chi connectivity index (χ0n) is 16.6. The summed E-state index contributed by atoms with van der Waals surface area (Å²) in [6.07, 6.45) is 5.96. The summed E-state index contributed by atoms with van der Waals surface area (Å²) in [5.74, 6) is 1.28. The van der Waals surface area contributed by atoms with E-state index in [1.807, 2.05) is 49.1 Å². The first-order valence-electron chi connectivity index (χ1n) is 9.81. The highest BCUT2D eigenvalue weighted by Gasteiger charge is 2.08. The summed E-state index contributed by atoms with van der Waals surface area (Å²) in [6, 6.07) is 14.6. The molecule has 0 spiro atoms. The molecule has 2 heterocycles. The lowest BCUT2D eigenvalue weighted by Gasteiger charge is -2.15. The second-order valence-electron chi connectivity index (χ2n) is 6.74. The lowest BCUT2D eigenvalue weighted by Crippen LogP contribution is -2.26. The fourth-order valence-electron chi connectivity index (χ4n) is 2.62. The van der Waals surface area contributed by atoms with E-state index in [2.05, 4.69) is 20.6 Å². The smallest absolute Gasteiger partial charge is 0.169 e. The van der Waals surface area contributed by atoms with Crippen molar-refractivity contribution in [2.75, 3.05) is 36.9 Å². The van der Waals surface area contributed by atoms with Crippen molar-refractivity contribution in [3.8, 4) is 11.5 Å². The van der Waals surface area contributed by atoms with Crippen molar-refractivity contribution >= 4 is 11.4 Å². The lowest BCUT2D eigenvalue weighted by molar-refractivity contribution is -0.378. The van der Waals surface area contributed by atoms with Crippen LogP contribution >= 0.6 is 0 Å². The largest absolute Gasteiger partial charge is 0.491 e. The van der Waals surface area contributed by atoms with Crippen LogP contribution in [0.25, 0.3) is 0 Å². The molecule has 0 aliphatic carbocycles. The summed E-state index contributed by atoms with van der Waals surface area (Å²) in [5, 5.41) is 26.4. The molecule has 0 saturated carbocycles. The van der Waals surface area contributed by atoms with Gasteiger partial charge in [-0.3, -0.25) is 0 Å². The van der Waals surface area contributed by atoms with E-state index in [4.69, 9.17) is 9.47 Å². The minimum Gasteiger partial charge on any atom is -0.491 e. The summed E-state index contributed by atoms with van der Waals surface area (Å²) in [5.41, 5.74) is 1.85. The first-order chi connectivity index (χ1) is 14.7. The van der Waals surface area contributed by atoms with Gasteiger partial charge >= 0.3 is 0 Å². The molecule has 158 valence electrons. The molecule has 0 bridgehead atoms. The zero-order valence-corrected chi connectivity index (χ0v) is 16.6. The van der Waals surface area contributed by atoms with E-state index >= 15 is 0 Å². The van der Waals surface area contributed by atoms with Gasteiger partial charge < -0.3 is 30.3 Å². The Kier molecular flexibility index (Phi) is 8.25. The van der Waals surface area contributed by atoms with E-state index in [1.165, 1.54) is 0 Å². The Morgan fingerprint density at radius 3 is 1.37 bits per heavy atom. The second kappa shape index (κ2) is 11.6. The molecule has 0 unspecified atom stereocenters. The normalized spacial score (nSPS) is 12.6. The quantitative estimate of drug-likeness (QED) is 0.353. The van der Waals surface area contributed by atoms with Crippen molar-refractivity contribution in [2.24, 2.45) is 0 Å². The number of hydrogen-bond acceptors (Lipinski definition) is 6. The van der Waals surface area contributed by atoms with Gasteiger partial charge in [0, 0.05) is 48.7 Å². The van der Waals surface area contributed by atoms with E-state index in [9.17, 15) is 10.2 Å². The van der Waals surface area contributed by atoms with Gasteiger partial charge in [-0.2, -0.15) is 0 Å². The van der Waals surface area contributed by atoms with E-state index in [-0.39, 0.29) is 13.2 Å². The average Bonchev–Trinajstić information content (AvgIpc) is 2.80. The van der Waals surface area contributed by atoms with Crippen LogP contribution in [0, 0.1) is 0 Å². The molecule has 0 aliphatic rings. The van der Waals surface area contributed by atoms with E-state index < -0.39 is 12.2 Å². The Hall–Kier alpha value is -3.36. The molecule has 8 heteroatoms. The molecule has 2 aromatic heterocycles. The maximum absolute atomic E-state index is 10.0. The number of nitrogens with one attached hydrogen (secondary N) is 4. The molecule has 0 radical (unpaired) electrons. The minimum atomic E-state index is -0.643. The van der Waals surface area contributed by atoms with Gasteiger partial charge in [-0.1, -0.05) is 0 Å². The number of H-pyrrole nitrogens is 2. The number of hydrogen-bond donors (Lipinski definition) is 4. The number of ether oxygens (including phenoxy) is 2. The van der Waals surface area contributed by atoms with Crippen LogP contribution in [0.5, 0.6) is 11.5 Å². The van der Waals surface area contributed by atoms with Gasteiger partial charge in [0.15, 0.2) is 24.8 Å². The van der Waals surface area contributed by atoms with E-state index in [0.717, 1.165) is 11.4 Å². The summed E-state index contributed by atoms with van der Waals surface area (Å²) in [6.45, 7) is 1.12. The highest BCUT2D eigenvalue weighted by molar-refractivity contribution is 5.40. The van der Waals surface area contributed by atoms with Crippen LogP contribution in [0.1, 0.15) is 0 Å². The molecular weight excluding hydrogens is 384 g/mol. The second-order valence-corrected chi connectivity index (χ2v) is 6.74. The monoisotopic (exact) mass is 412 g/mol. The topological polar surface area (TPSA) is 111 Å². The molecule has 0 saturated heterocycles. The third-order valence-electron chi connectivity index (χ3n) is 4.23. The van der Waals surface area contributed by atoms with Gasteiger partial charge in [0.2, 0.25) is 0 Å². The van der Waals surface area contributed by atoms with Crippen molar-refractivity contribution in [1.82, 2.24) is 0 Å².